The summed E-state index contributed by atoms with van der Waals surface area (Å²) in [6, 6.07) is 21.6. The van der Waals surface area contributed by atoms with Crippen molar-refractivity contribution in [3.63, 3.8) is 0 Å². The van der Waals surface area contributed by atoms with Crippen molar-refractivity contribution < 1.29 is 14.2 Å². The van der Waals surface area contributed by atoms with Crippen LogP contribution >= 0.6 is 11.3 Å². The number of hydrogen-bond acceptors (Lipinski definition) is 5. The number of ether oxygens (including phenoxy) is 3. The summed E-state index contributed by atoms with van der Waals surface area (Å²) in [7, 11) is 3.46. The molecule has 1 aliphatic heterocycles. The number of hydrogen-bond donors (Lipinski definition) is 0. The van der Waals surface area contributed by atoms with Crippen LogP contribution in [0, 0.1) is 0 Å². The minimum absolute atomic E-state index is 0.166. The molecular weight excluding hydrogens is 454 g/mol. The summed E-state index contributed by atoms with van der Waals surface area (Å²) in [5.41, 5.74) is 5.27. The lowest BCUT2D eigenvalue weighted by Crippen LogP contribution is -2.33. The lowest BCUT2D eigenvalue weighted by Gasteiger charge is -2.26. The van der Waals surface area contributed by atoms with Crippen molar-refractivity contribution in [3.05, 3.63) is 77.4 Å². The van der Waals surface area contributed by atoms with Crippen molar-refractivity contribution in [2.24, 2.45) is 0 Å². The van der Waals surface area contributed by atoms with Gasteiger partial charge in [-0.25, -0.2) is 0 Å². The zero-order valence-electron chi connectivity index (χ0n) is 20.4. The van der Waals surface area contributed by atoms with E-state index < -0.39 is 0 Å². The van der Waals surface area contributed by atoms with Crippen molar-refractivity contribution in [3.8, 4) is 27.7 Å². The Labute approximate surface area is 211 Å². The normalized spacial score (nSPS) is 17.3. The number of benzene rings is 3. The molecule has 1 unspecified atom stereocenters. The van der Waals surface area contributed by atoms with Crippen LogP contribution in [0.25, 0.3) is 20.5 Å². The fourth-order valence-corrected chi connectivity index (χ4v) is 6.87. The van der Waals surface area contributed by atoms with Crippen LogP contribution in [0.1, 0.15) is 41.9 Å². The van der Waals surface area contributed by atoms with Gasteiger partial charge in [0, 0.05) is 22.0 Å². The third kappa shape index (κ3) is 4.17. The van der Waals surface area contributed by atoms with Crippen molar-refractivity contribution >= 4 is 21.4 Å². The summed E-state index contributed by atoms with van der Waals surface area (Å²) in [5, 5.41) is 1.30. The average molecular weight is 486 g/mol. The second-order valence-corrected chi connectivity index (χ2v) is 10.5. The molecule has 4 aromatic rings. The number of likely N-dealkylation sites (tertiary alicyclic amines) is 1. The first-order valence-corrected chi connectivity index (χ1v) is 13.3. The quantitative estimate of drug-likeness (QED) is 0.250. The van der Waals surface area contributed by atoms with E-state index >= 15 is 0 Å². The molecule has 0 bridgehead atoms. The minimum atomic E-state index is 0.166. The molecule has 0 spiro atoms. The molecule has 6 rings (SSSR count). The molecule has 1 saturated heterocycles. The molecule has 4 nitrogen and oxygen atoms in total. The third-order valence-corrected chi connectivity index (χ3v) is 8.58. The highest BCUT2D eigenvalue weighted by Crippen LogP contribution is 2.55. The topological polar surface area (TPSA) is 30.9 Å². The molecule has 0 radical (unpaired) electrons. The summed E-state index contributed by atoms with van der Waals surface area (Å²) >= 11 is 1.85. The fourth-order valence-electron chi connectivity index (χ4n) is 5.56. The molecule has 1 aliphatic carbocycles. The number of nitrogens with zero attached hydrogens (tertiary/aromatic N) is 1. The smallest absolute Gasteiger partial charge is 0.120 e. The maximum Gasteiger partial charge on any atom is 0.120 e. The standard InChI is InChI=1S/C30H31NO3S/c1-32-22-10-12-24-26(18-22)28(29-25-13-11-23(33-2)19-27(25)35-30(24)29)20-6-8-21(9-7-20)34-17-16-31-14-4-3-5-15-31/h6-13,18-19,28H,3-5,14-17H2,1-2H3. The molecule has 0 saturated carbocycles. The Balaban J connectivity index is 1.31. The predicted octanol–water partition coefficient (Wildman–Crippen LogP) is 6.94. The Hall–Kier alpha value is -3.02. The molecule has 1 aromatic heterocycles. The Morgan fingerprint density at radius 3 is 2.31 bits per heavy atom. The molecule has 2 aliphatic rings. The number of methoxy groups -OCH3 is 2. The summed E-state index contributed by atoms with van der Waals surface area (Å²) in [4.78, 5) is 3.86. The second-order valence-electron chi connectivity index (χ2n) is 9.41. The number of piperidine rings is 1. The van der Waals surface area contributed by atoms with Crippen LogP contribution in [0.4, 0.5) is 0 Å². The highest BCUT2D eigenvalue weighted by molar-refractivity contribution is 7.22. The van der Waals surface area contributed by atoms with Gasteiger partial charge in [-0.15, -0.1) is 11.3 Å². The van der Waals surface area contributed by atoms with Gasteiger partial charge in [0.1, 0.15) is 23.9 Å². The highest BCUT2D eigenvalue weighted by atomic mass is 32.1. The van der Waals surface area contributed by atoms with Gasteiger partial charge >= 0.3 is 0 Å². The van der Waals surface area contributed by atoms with E-state index in [0.29, 0.717) is 0 Å². The SMILES string of the molecule is COc1ccc2c(c1)C(c1ccc(OCCN3CCCCC3)cc1)c1c-2sc2cc(OC)ccc12. The minimum Gasteiger partial charge on any atom is -0.497 e. The first-order chi connectivity index (χ1) is 17.2. The molecular formula is C30H31NO3S. The maximum atomic E-state index is 6.11. The summed E-state index contributed by atoms with van der Waals surface area (Å²) in [6.07, 6.45) is 3.99. The van der Waals surface area contributed by atoms with E-state index in [-0.39, 0.29) is 5.92 Å². The number of fused-ring (bicyclic) bond motifs is 5. The van der Waals surface area contributed by atoms with E-state index in [1.807, 2.05) is 11.3 Å². The number of thiophene rings is 1. The monoisotopic (exact) mass is 485 g/mol. The van der Waals surface area contributed by atoms with E-state index in [0.717, 1.165) is 30.4 Å². The van der Waals surface area contributed by atoms with Gasteiger partial charge in [-0.3, -0.25) is 4.90 Å². The first kappa shape index (κ1) is 22.4. The van der Waals surface area contributed by atoms with E-state index in [4.69, 9.17) is 14.2 Å². The van der Waals surface area contributed by atoms with E-state index in [2.05, 4.69) is 65.6 Å². The summed E-state index contributed by atoms with van der Waals surface area (Å²) in [5.74, 6) is 2.90. The summed E-state index contributed by atoms with van der Waals surface area (Å²) in [6.45, 7) is 4.15. The van der Waals surface area contributed by atoms with Gasteiger partial charge in [0.25, 0.3) is 0 Å². The molecule has 180 valence electrons. The molecule has 2 heterocycles. The van der Waals surface area contributed by atoms with Crippen LogP contribution in [0.15, 0.2) is 60.7 Å². The van der Waals surface area contributed by atoms with Crippen LogP contribution in [0.2, 0.25) is 0 Å². The molecule has 1 fully saturated rings. The molecule has 3 aromatic carbocycles. The van der Waals surface area contributed by atoms with Crippen molar-refractivity contribution in [2.45, 2.75) is 25.2 Å². The maximum absolute atomic E-state index is 6.11. The Morgan fingerprint density at radius 2 is 1.54 bits per heavy atom. The zero-order chi connectivity index (χ0) is 23.8. The fraction of sp³-hybridized carbons (Fsp3) is 0.333. The lowest BCUT2D eigenvalue weighted by atomic mass is 9.88. The highest BCUT2D eigenvalue weighted by Gasteiger charge is 2.34. The molecule has 5 heteroatoms. The van der Waals surface area contributed by atoms with Crippen molar-refractivity contribution in [1.29, 1.82) is 0 Å². The van der Waals surface area contributed by atoms with Crippen molar-refractivity contribution in [2.75, 3.05) is 40.5 Å². The van der Waals surface area contributed by atoms with E-state index in [1.165, 1.54) is 69.6 Å². The van der Waals surface area contributed by atoms with Crippen LogP contribution in [-0.4, -0.2) is 45.4 Å². The second kappa shape index (κ2) is 9.56. The molecule has 35 heavy (non-hydrogen) atoms. The van der Waals surface area contributed by atoms with Gasteiger partial charge in [0.05, 0.1) is 14.2 Å². The molecule has 0 N–H and O–H groups in total. The van der Waals surface area contributed by atoms with Gasteiger partial charge in [0.15, 0.2) is 0 Å². The Morgan fingerprint density at radius 1 is 0.829 bits per heavy atom. The molecule has 1 atom stereocenters. The molecule has 0 amide bonds. The van der Waals surface area contributed by atoms with E-state index in [9.17, 15) is 0 Å². The van der Waals surface area contributed by atoms with Crippen LogP contribution in [-0.2, 0) is 0 Å². The van der Waals surface area contributed by atoms with Crippen LogP contribution < -0.4 is 14.2 Å². The van der Waals surface area contributed by atoms with E-state index in [1.54, 1.807) is 14.2 Å². The van der Waals surface area contributed by atoms with Crippen LogP contribution in [0.5, 0.6) is 17.2 Å². The Bertz CT molecular complexity index is 1340. The predicted molar refractivity (Wildman–Crippen MR) is 144 cm³/mol. The van der Waals surface area contributed by atoms with Gasteiger partial charge in [-0.2, -0.15) is 0 Å². The lowest BCUT2D eigenvalue weighted by molar-refractivity contribution is 0.183. The van der Waals surface area contributed by atoms with Crippen LogP contribution in [0.3, 0.4) is 0 Å². The van der Waals surface area contributed by atoms with Gasteiger partial charge in [-0.1, -0.05) is 18.6 Å². The average Bonchev–Trinajstić information content (AvgIpc) is 3.43. The Kier molecular flexibility index (Phi) is 6.13. The van der Waals surface area contributed by atoms with Gasteiger partial charge in [-0.05, 0) is 102 Å². The van der Waals surface area contributed by atoms with Gasteiger partial charge in [0.2, 0.25) is 0 Å². The largest absolute Gasteiger partial charge is 0.497 e. The first-order valence-electron chi connectivity index (χ1n) is 12.5. The zero-order valence-corrected chi connectivity index (χ0v) is 21.2. The summed E-state index contributed by atoms with van der Waals surface area (Å²) < 4.78 is 18.5. The van der Waals surface area contributed by atoms with Crippen molar-refractivity contribution in [1.82, 2.24) is 4.90 Å². The number of rotatable bonds is 7. The van der Waals surface area contributed by atoms with Gasteiger partial charge < -0.3 is 14.2 Å². The third-order valence-electron chi connectivity index (χ3n) is 7.38.